The van der Waals surface area contributed by atoms with Crippen LogP contribution in [0.3, 0.4) is 0 Å². The van der Waals surface area contributed by atoms with E-state index in [-0.39, 0.29) is 6.42 Å². The second-order valence-electron chi connectivity index (χ2n) is 7.00. The highest BCUT2D eigenvalue weighted by Crippen LogP contribution is 2.07. The highest BCUT2D eigenvalue weighted by atomic mass is 32.2. The lowest BCUT2D eigenvalue weighted by Gasteiger charge is -2.04. The summed E-state index contributed by atoms with van der Waals surface area (Å²) in [5, 5.41) is 3.57. The van der Waals surface area contributed by atoms with Gasteiger partial charge in [0.05, 0.1) is 0 Å². The number of unbranched alkanes of at least 4 members (excludes halogenated alkanes) is 10. The molecule has 0 heterocycles. The van der Waals surface area contributed by atoms with Gasteiger partial charge < -0.3 is 5.32 Å². The van der Waals surface area contributed by atoms with Crippen LogP contribution in [0.25, 0.3) is 0 Å². The standard InChI is InChI=1S/C16H35N.C4H9FO3S/c1-3-5-7-9-11-13-15-17-16-14-12-10-8-6-4-2;1-2-3-4(5)9(6,7)8/h17H,3-16H2,1-2H3;4H,2-3H2,1H3,(H,6,7,8). The van der Waals surface area contributed by atoms with Crippen LogP contribution in [0.2, 0.25) is 0 Å². The minimum Gasteiger partial charge on any atom is -0.317 e. The van der Waals surface area contributed by atoms with Crippen molar-refractivity contribution in [3.8, 4) is 0 Å². The van der Waals surface area contributed by atoms with Crippen molar-refractivity contribution in [3.05, 3.63) is 0 Å². The van der Waals surface area contributed by atoms with E-state index in [1.807, 2.05) is 0 Å². The number of rotatable bonds is 17. The fourth-order valence-electron chi connectivity index (χ4n) is 2.56. The lowest BCUT2D eigenvalue weighted by molar-refractivity contribution is 0.357. The molecule has 0 aliphatic carbocycles. The molecule has 160 valence electrons. The highest BCUT2D eigenvalue weighted by molar-refractivity contribution is 7.86. The van der Waals surface area contributed by atoms with Gasteiger partial charge in [-0.25, -0.2) is 4.39 Å². The lowest BCUT2D eigenvalue weighted by Crippen LogP contribution is -2.16. The van der Waals surface area contributed by atoms with Gasteiger partial charge in [0.2, 0.25) is 5.50 Å². The normalized spacial score (nSPS) is 12.5. The molecule has 0 saturated heterocycles. The number of hydrogen-bond acceptors (Lipinski definition) is 3. The quantitative estimate of drug-likeness (QED) is 0.224. The first kappa shape index (κ1) is 28.0. The maximum atomic E-state index is 12.1. The SMILES string of the molecule is CCCC(F)S(=O)(=O)O.CCCCCCCCNCCCCCCCC. The van der Waals surface area contributed by atoms with E-state index in [1.165, 1.54) is 90.1 Å². The van der Waals surface area contributed by atoms with E-state index in [2.05, 4.69) is 19.2 Å². The van der Waals surface area contributed by atoms with Gasteiger partial charge in [-0.15, -0.1) is 0 Å². The molecule has 0 aromatic carbocycles. The summed E-state index contributed by atoms with van der Waals surface area (Å²) in [7, 11) is -4.43. The average molecular weight is 398 g/mol. The van der Waals surface area contributed by atoms with E-state index >= 15 is 0 Å². The largest absolute Gasteiger partial charge is 0.317 e. The van der Waals surface area contributed by atoms with E-state index in [9.17, 15) is 12.8 Å². The maximum absolute atomic E-state index is 12.1. The van der Waals surface area contributed by atoms with Gasteiger partial charge in [0.1, 0.15) is 0 Å². The second kappa shape index (κ2) is 21.1. The summed E-state index contributed by atoms with van der Waals surface area (Å²) < 4.78 is 39.9. The summed E-state index contributed by atoms with van der Waals surface area (Å²) in [5.41, 5.74) is -2.11. The Bertz CT molecular complexity index is 350. The molecule has 0 fully saturated rings. The van der Waals surface area contributed by atoms with E-state index in [0.717, 1.165) is 0 Å². The Morgan fingerprint density at radius 2 is 1.12 bits per heavy atom. The molecule has 0 aromatic heterocycles. The molecule has 26 heavy (non-hydrogen) atoms. The summed E-state index contributed by atoms with van der Waals surface area (Å²) >= 11 is 0. The van der Waals surface area contributed by atoms with Crippen LogP contribution in [0.1, 0.15) is 111 Å². The lowest BCUT2D eigenvalue weighted by atomic mass is 10.1. The van der Waals surface area contributed by atoms with Crippen LogP contribution in [0.15, 0.2) is 0 Å². The van der Waals surface area contributed by atoms with E-state index < -0.39 is 15.6 Å². The summed E-state index contributed by atoms with van der Waals surface area (Å²) in [6.07, 6.45) is 17.2. The Kier molecular flexibility index (Phi) is 22.7. The van der Waals surface area contributed by atoms with Crippen LogP contribution in [-0.4, -0.2) is 31.6 Å². The number of alkyl halides is 1. The molecule has 0 spiro atoms. The Morgan fingerprint density at radius 1 is 0.731 bits per heavy atom. The molecule has 1 unspecified atom stereocenters. The fraction of sp³-hybridized carbons (Fsp3) is 1.00. The molecule has 0 aliphatic rings. The van der Waals surface area contributed by atoms with Crippen LogP contribution in [0.5, 0.6) is 0 Å². The molecule has 0 aliphatic heterocycles. The summed E-state index contributed by atoms with van der Waals surface area (Å²) in [6.45, 7) is 8.67. The van der Waals surface area contributed by atoms with Gasteiger partial charge in [-0.05, 0) is 32.4 Å². The molecule has 2 N–H and O–H groups in total. The van der Waals surface area contributed by atoms with Gasteiger partial charge in [-0.1, -0.05) is 91.4 Å². The highest BCUT2D eigenvalue weighted by Gasteiger charge is 2.19. The average Bonchev–Trinajstić information content (AvgIpc) is 2.59. The zero-order chi connectivity index (χ0) is 20.1. The summed E-state index contributed by atoms with van der Waals surface area (Å²) in [5.74, 6) is 0. The van der Waals surface area contributed by atoms with Crippen LogP contribution in [0.4, 0.5) is 4.39 Å². The van der Waals surface area contributed by atoms with E-state index in [4.69, 9.17) is 4.55 Å². The van der Waals surface area contributed by atoms with Gasteiger partial charge in [-0.3, -0.25) is 4.55 Å². The Hall–Kier alpha value is -0.200. The van der Waals surface area contributed by atoms with Crippen molar-refractivity contribution < 1.29 is 17.4 Å². The van der Waals surface area contributed by atoms with Crippen LogP contribution in [0, 0.1) is 0 Å². The molecule has 0 rings (SSSR count). The third-order valence-electron chi connectivity index (χ3n) is 4.25. The van der Waals surface area contributed by atoms with Crippen molar-refractivity contribution in [2.45, 2.75) is 116 Å². The van der Waals surface area contributed by atoms with Crippen LogP contribution >= 0.6 is 0 Å². The monoisotopic (exact) mass is 397 g/mol. The molecule has 0 saturated carbocycles. The van der Waals surface area contributed by atoms with Crippen LogP contribution < -0.4 is 5.32 Å². The first-order valence-corrected chi connectivity index (χ1v) is 12.2. The molecule has 0 amide bonds. The Balaban J connectivity index is 0. The van der Waals surface area contributed by atoms with Gasteiger partial charge in [-0.2, -0.15) is 8.42 Å². The second-order valence-corrected chi connectivity index (χ2v) is 8.54. The Labute approximate surface area is 162 Å². The zero-order valence-electron chi connectivity index (χ0n) is 17.4. The topological polar surface area (TPSA) is 66.4 Å². The number of nitrogens with one attached hydrogen (secondary N) is 1. The van der Waals surface area contributed by atoms with Crippen molar-refractivity contribution in [2.75, 3.05) is 13.1 Å². The maximum Gasteiger partial charge on any atom is 0.297 e. The number of hydrogen-bond donors (Lipinski definition) is 2. The van der Waals surface area contributed by atoms with Crippen molar-refractivity contribution in [1.82, 2.24) is 5.32 Å². The molecular formula is C20H44FNO3S. The van der Waals surface area contributed by atoms with E-state index in [0.29, 0.717) is 6.42 Å². The van der Waals surface area contributed by atoms with Gasteiger partial charge in [0.25, 0.3) is 10.1 Å². The van der Waals surface area contributed by atoms with Gasteiger partial charge in [0.15, 0.2) is 0 Å². The first-order chi connectivity index (χ1) is 12.4. The molecule has 1 atom stereocenters. The summed E-state index contributed by atoms with van der Waals surface area (Å²) in [6, 6.07) is 0. The van der Waals surface area contributed by atoms with Crippen molar-refractivity contribution in [2.24, 2.45) is 0 Å². The van der Waals surface area contributed by atoms with E-state index in [1.54, 1.807) is 6.92 Å². The first-order valence-electron chi connectivity index (χ1n) is 10.7. The number of halogens is 1. The van der Waals surface area contributed by atoms with Crippen molar-refractivity contribution in [1.29, 1.82) is 0 Å². The minimum absolute atomic E-state index is 0.140. The van der Waals surface area contributed by atoms with Crippen LogP contribution in [-0.2, 0) is 10.1 Å². The molecule has 0 bridgehead atoms. The third-order valence-corrected chi connectivity index (χ3v) is 5.14. The fourth-order valence-corrected chi connectivity index (χ4v) is 3.10. The smallest absolute Gasteiger partial charge is 0.297 e. The molecule has 6 heteroatoms. The van der Waals surface area contributed by atoms with Gasteiger partial charge in [0, 0.05) is 0 Å². The molecule has 4 nitrogen and oxygen atoms in total. The van der Waals surface area contributed by atoms with Gasteiger partial charge >= 0.3 is 0 Å². The molecular weight excluding hydrogens is 353 g/mol. The Morgan fingerprint density at radius 3 is 1.42 bits per heavy atom. The third kappa shape index (κ3) is 23.8. The van der Waals surface area contributed by atoms with Crippen molar-refractivity contribution in [3.63, 3.8) is 0 Å². The minimum atomic E-state index is -4.43. The summed E-state index contributed by atoms with van der Waals surface area (Å²) in [4.78, 5) is 0. The molecule has 0 radical (unpaired) electrons. The predicted octanol–water partition coefficient (Wildman–Crippen LogP) is 6.27. The molecule has 0 aromatic rings. The zero-order valence-corrected chi connectivity index (χ0v) is 18.3. The van der Waals surface area contributed by atoms with Crippen molar-refractivity contribution >= 4 is 10.1 Å². The predicted molar refractivity (Wildman–Crippen MR) is 111 cm³/mol.